The second-order valence-corrected chi connectivity index (χ2v) is 14.8. The lowest BCUT2D eigenvalue weighted by Crippen LogP contribution is -2.48. The summed E-state index contributed by atoms with van der Waals surface area (Å²) in [6.45, 7) is 10.1. The lowest BCUT2D eigenvalue weighted by molar-refractivity contribution is -0.151. The van der Waals surface area contributed by atoms with Crippen molar-refractivity contribution in [1.29, 1.82) is 0 Å². The van der Waals surface area contributed by atoms with Crippen LogP contribution >= 0.6 is 0 Å². The number of hydrogen-bond donors (Lipinski definition) is 1. The summed E-state index contributed by atoms with van der Waals surface area (Å²) in [5.74, 6) is -2.42. The van der Waals surface area contributed by atoms with Crippen LogP contribution in [0.1, 0.15) is 41.5 Å². The molecule has 2 aromatic rings. The maximum atomic E-state index is 12.8. The first-order valence-electron chi connectivity index (χ1n) is 11.5. The summed E-state index contributed by atoms with van der Waals surface area (Å²) in [6.07, 6.45) is -5.47. The second kappa shape index (κ2) is 10.7. The first kappa shape index (κ1) is 26.6. The number of cyclic esters (lactones) is 1. The van der Waals surface area contributed by atoms with Gasteiger partial charge in [0.15, 0.2) is 20.5 Å². The molecule has 0 spiro atoms. The Morgan fingerprint density at radius 1 is 0.943 bits per heavy atom. The van der Waals surface area contributed by atoms with E-state index in [1.165, 1.54) is 12.1 Å². The van der Waals surface area contributed by atoms with Crippen LogP contribution in [0.15, 0.2) is 60.7 Å². The van der Waals surface area contributed by atoms with E-state index in [1.807, 2.05) is 13.1 Å². The average Bonchev–Trinajstić information content (AvgIpc) is 3.12. The normalized spacial score (nSPS) is 21.2. The highest BCUT2D eigenvalue weighted by Gasteiger charge is 2.53. The van der Waals surface area contributed by atoms with Gasteiger partial charge in [0.25, 0.3) is 0 Å². The van der Waals surface area contributed by atoms with Crippen molar-refractivity contribution in [1.82, 2.24) is 0 Å². The van der Waals surface area contributed by atoms with Gasteiger partial charge in [0.05, 0.1) is 17.7 Å². The van der Waals surface area contributed by atoms with Gasteiger partial charge in [0.1, 0.15) is 6.10 Å². The third-order valence-corrected chi connectivity index (χ3v) is 10.9. The molecule has 9 heteroatoms. The Morgan fingerprint density at radius 3 is 1.91 bits per heavy atom. The molecule has 0 aromatic heterocycles. The number of ether oxygens (including phenoxy) is 3. The van der Waals surface area contributed by atoms with Gasteiger partial charge < -0.3 is 23.7 Å². The maximum Gasteiger partial charge on any atom is 0.352 e. The minimum atomic E-state index is -2.22. The minimum absolute atomic E-state index is 0.105. The predicted molar refractivity (Wildman–Crippen MR) is 130 cm³/mol. The predicted octanol–water partition coefficient (Wildman–Crippen LogP) is 3.75. The molecule has 0 bridgehead atoms. The van der Waals surface area contributed by atoms with Crippen LogP contribution in [-0.4, -0.2) is 62.4 Å². The zero-order valence-electron chi connectivity index (χ0n) is 20.6. The molecule has 2 aromatic carbocycles. The molecule has 1 heterocycles. The molecule has 0 unspecified atom stereocenters. The number of carbonyl (C=O) groups is 3. The summed E-state index contributed by atoms with van der Waals surface area (Å²) in [4.78, 5) is 38.1. The van der Waals surface area contributed by atoms with Gasteiger partial charge in [0.2, 0.25) is 6.10 Å². The number of aliphatic hydroxyl groups excluding tert-OH is 1. The average molecular weight is 501 g/mol. The molecule has 0 saturated carbocycles. The zero-order chi connectivity index (χ0) is 25.8. The van der Waals surface area contributed by atoms with Gasteiger partial charge >= 0.3 is 17.9 Å². The van der Waals surface area contributed by atoms with E-state index in [-0.39, 0.29) is 22.8 Å². The van der Waals surface area contributed by atoms with Crippen molar-refractivity contribution in [2.45, 2.75) is 63.3 Å². The van der Waals surface area contributed by atoms with Gasteiger partial charge in [-0.3, -0.25) is 0 Å². The molecule has 0 aliphatic carbocycles. The molecule has 1 aliphatic rings. The van der Waals surface area contributed by atoms with E-state index in [4.69, 9.17) is 18.6 Å². The molecule has 1 aliphatic heterocycles. The summed E-state index contributed by atoms with van der Waals surface area (Å²) < 4.78 is 22.4. The molecule has 1 saturated heterocycles. The standard InChI is InChI=1S/C26H32O8Si/c1-26(2,3)35(4,5)31-16-19(27)20-21(33-23(28)17-12-8-6-9-13-17)22(25(30)32-20)34-24(29)18-14-10-7-11-15-18/h6-15,19-22,27H,16H2,1-5H3/t19-,20+,21+,22-/m1/s1. The van der Waals surface area contributed by atoms with Gasteiger partial charge in [-0.05, 0) is 42.4 Å². The Kier molecular flexibility index (Phi) is 8.14. The van der Waals surface area contributed by atoms with Gasteiger partial charge in [-0.25, -0.2) is 14.4 Å². The number of rotatable bonds is 8. The van der Waals surface area contributed by atoms with Gasteiger partial charge in [-0.2, -0.15) is 0 Å². The van der Waals surface area contributed by atoms with E-state index in [2.05, 4.69) is 20.8 Å². The van der Waals surface area contributed by atoms with Crippen LogP contribution < -0.4 is 0 Å². The Hall–Kier alpha value is -3.01. The first-order chi connectivity index (χ1) is 16.4. The van der Waals surface area contributed by atoms with Crippen molar-refractivity contribution in [3.05, 3.63) is 71.8 Å². The number of carbonyl (C=O) groups excluding carboxylic acids is 3. The van der Waals surface area contributed by atoms with Crippen LogP contribution in [0.25, 0.3) is 0 Å². The van der Waals surface area contributed by atoms with Crippen LogP contribution in [0, 0.1) is 0 Å². The van der Waals surface area contributed by atoms with Crippen LogP contribution in [0.3, 0.4) is 0 Å². The lowest BCUT2D eigenvalue weighted by Gasteiger charge is -2.37. The maximum absolute atomic E-state index is 12.8. The van der Waals surface area contributed by atoms with Crippen LogP contribution in [0.5, 0.6) is 0 Å². The van der Waals surface area contributed by atoms with Crippen LogP contribution in [0.2, 0.25) is 18.1 Å². The fourth-order valence-electron chi connectivity index (χ4n) is 3.24. The molecule has 3 rings (SSSR count). The smallest absolute Gasteiger partial charge is 0.352 e. The SMILES string of the molecule is CC(C)(C)[Si](C)(C)OC[C@@H](O)[C@@H]1OC(=O)[C@H](OC(=O)c2ccccc2)[C@H]1OC(=O)c1ccccc1. The third-order valence-electron chi connectivity index (χ3n) is 6.40. The molecular weight excluding hydrogens is 468 g/mol. The monoisotopic (exact) mass is 500 g/mol. The van der Waals surface area contributed by atoms with Crippen molar-refractivity contribution in [3.63, 3.8) is 0 Å². The van der Waals surface area contributed by atoms with Crippen molar-refractivity contribution in [2.24, 2.45) is 0 Å². The highest BCUT2D eigenvalue weighted by molar-refractivity contribution is 6.74. The first-order valence-corrected chi connectivity index (χ1v) is 14.4. The Balaban J connectivity index is 1.82. The summed E-state index contributed by atoms with van der Waals surface area (Å²) in [5.41, 5.74) is 0.462. The van der Waals surface area contributed by atoms with Crippen molar-refractivity contribution in [2.75, 3.05) is 6.61 Å². The van der Waals surface area contributed by atoms with Crippen LogP contribution in [-0.2, 0) is 23.4 Å². The van der Waals surface area contributed by atoms with Gasteiger partial charge in [0, 0.05) is 0 Å². The quantitative estimate of drug-likeness (QED) is 0.332. The minimum Gasteiger partial charge on any atom is -0.453 e. The topological polar surface area (TPSA) is 108 Å². The van der Waals surface area contributed by atoms with Gasteiger partial charge in [-0.1, -0.05) is 57.2 Å². The Bertz CT molecular complexity index is 1030. The van der Waals surface area contributed by atoms with Crippen molar-refractivity contribution < 1.29 is 38.1 Å². The lowest BCUT2D eigenvalue weighted by atomic mass is 10.1. The molecule has 1 fully saturated rings. The summed E-state index contributed by atoms with van der Waals surface area (Å²) >= 11 is 0. The fraction of sp³-hybridized carbons (Fsp3) is 0.423. The third kappa shape index (κ3) is 6.36. The number of esters is 3. The summed E-state index contributed by atoms with van der Waals surface area (Å²) in [7, 11) is -2.22. The number of aliphatic hydroxyl groups is 1. The highest BCUT2D eigenvalue weighted by Crippen LogP contribution is 2.37. The summed E-state index contributed by atoms with van der Waals surface area (Å²) in [5, 5.41) is 10.8. The van der Waals surface area contributed by atoms with E-state index in [0.717, 1.165) is 0 Å². The largest absolute Gasteiger partial charge is 0.453 e. The molecule has 0 radical (unpaired) electrons. The Labute approximate surface area is 206 Å². The van der Waals surface area contributed by atoms with E-state index >= 15 is 0 Å². The van der Waals surface area contributed by atoms with E-state index < -0.39 is 50.6 Å². The molecule has 8 nitrogen and oxygen atoms in total. The number of hydrogen-bond acceptors (Lipinski definition) is 8. The van der Waals surface area contributed by atoms with E-state index in [1.54, 1.807) is 48.5 Å². The molecular formula is C26H32O8Si. The van der Waals surface area contributed by atoms with Crippen molar-refractivity contribution >= 4 is 26.2 Å². The van der Waals surface area contributed by atoms with Crippen molar-refractivity contribution in [3.8, 4) is 0 Å². The molecule has 0 amide bonds. The van der Waals surface area contributed by atoms with Gasteiger partial charge in [-0.15, -0.1) is 0 Å². The summed E-state index contributed by atoms with van der Waals surface area (Å²) in [6, 6.07) is 16.3. The Morgan fingerprint density at radius 2 is 1.43 bits per heavy atom. The number of benzene rings is 2. The zero-order valence-corrected chi connectivity index (χ0v) is 21.6. The second-order valence-electron chi connectivity index (χ2n) is 9.97. The fourth-order valence-corrected chi connectivity index (χ4v) is 4.27. The highest BCUT2D eigenvalue weighted by atomic mass is 28.4. The molecule has 35 heavy (non-hydrogen) atoms. The van der Waals surface area contributed by atoms with Crippen LogP contribution in [0.4, 0.5) is 0 Å². The molecule has 1 N–H and O–H groups in total. The molecule has 188 valence electrons. The van der Waals surface area contributed by atoms with E-state index in [9.17, 15) is 19.5 Å². The molecule has 4 atom stereocenters. The van der Waals surface area contributed by atoms with E-state index in [0.29, 0.717) is 0 Å².